The summed E-state index contributed by atoms with van der Waals surface area (Å²) in [4.78, 5) is 12.0. The first-order valence-electron chi connectivity index (χ1n) is 5.37. The smallest absolute Gasteiger partial charge is 0.277 e. The van der Waals surface area contributed by atoms with Gasteiger partial charge >= 0.3 is 0 Å². The van der Waals surface area contributed by atoms with E-state index < -0.39 is 0 Å². The second kappa shape index (κ2) is 4.77. The molecule has 0 fully saturated rings. The van der Waals surface area contributed by atoms with Crippen LogP contribution in [0.25, 0.3) is 5.69 Å². The molecule has 0 aliphatic heterocycles. The highest BCUT2D eigenvalue weighted by molar-refractivity contribution is 6.30. The first-order chi connectivity index (χ1) is 8.17. The van der Waals surface area contributed by atoms with Gasteiger partial charge in [-0.05, 0) is 30.7 Å². The van der Waals surface area contributed by atoms with Crippen molar-refractivity contribution in [3.05, 3.63) is 50.9 Å². The van der Waals surface area contributed by atoms with E-state index in [0.29, 0.717) is 22.7 Å². The number of nitrogens with one attached hydrogen (secondary N) is 1. The molecule has 0 amide bonds. The minimum atomic E-state index is -0.251. The van der Waals surface area contributed by atoms with Gasteiger partial charge in [-0.3, -0.25) is 9.89 Å². The van der Waals surface area contributed by atoms with Gasteiger partial charge in [-0.25, -0.2) is 4.68 Å². The van der Waals surface area contributed by atoms with Crippen molar-refractivity contribution >= 4 is 11.6 Å². The summed E-state index contributed by atoms with van der Waals surface area (Å²) in [5.74, 6) is 0. The maximum atomic E-state index is 12.0. The summed E-state index contributed by atoms with van der Waals surface area (Å²) in [7, 11) is 0. The molecule has 2 rings (SSSR count). The monoisotopic (exact) mass is 252 g/mol. The van der Waals surface area contributed by atoms with E-state index in [4.69, 9.17) is 11.6 Å². The molecule has 0 aliphatic rings. The molecular formula is C12H13ClN2O2. The number of benzene rings is 1. The molecule has 2 N–H and O–H groups in total. The van der Waals surface area contributed by atoms with Crippen molar-refractivity contribution in [3.8, 4) is 5.69 Å². The number of aromatic nitrogens is 2. The van der Waals surface area contributed by atoms with Crippen LogP contribution in [0.2, 0.25) is 5.02 Å². The van der Waals surface area contributed by atoms with Crippen LogP contribution in [-0.2, 0) is 13.0 Å². The Labute approximate surface area is 103 Å². The first kappa shape index (κ1) is 12.0. The van der Waals surface area contributed by atoms with Crippen molar-refractivity contribution in [1.29, 1.82) is 0 Å². The number of rotatable bonds is 3. The molecular weight excluding hydrogens is 240 g/mol. The number of halogens is 1. The molecule has 0 unspecified atom stereocenters. The highest BCUT2D eigenvalue weighted by atomic mass is 35.5. The van der Waals surface area contributed by atoms with E-state index in [0.717, 1.165) is 5.69 Å². The molecule has 2 aromatic rings. The van der Waals surface area contributed by atoms with E-state index in [-0.39, 0.29) is 12.2 Å². The van der Waals surface area contributed by atoms with Gasteiger partial charge in [0.2, 0.25) is 0 Å². The first-order valence-corrected chi connectivity index (χ1v) is 5.74. The van der Waals surface area contributed by atoms with Crippen LogP contribution in [-0.4, -0.2) is 14.9 Å². The van der Waals surface area contributed by atoms with E-state index in [1.54, 1.807) is 24.3 Å². The second-order valence-corrected chi connectivity index (χ2v) is 4.13. The Bertz CT molecular complexity index is 569. The molecule has 5 heteroatoms. The van der Waals surface area contributed by atoms with Crippen molar-refractivity contribution in [1.82, 2.24) is 9.78 Å². The Kier molecular flexibility index (Phi) is 3.36. The zero-order chi connectivity index (χ0) is 12.4. The van der Waals surface area contributed by atoms with Crippen LogP contribution in [0.5, 0.6) is 0 Å². The summed E-state index contributed by atoms with van der Waals surface area (Å²) in [6, 6.07) is 6.93. The van der Waals surface area contributed by atoms with Crippen molar-refractivity contribution in [2.24, 2.45) is 0 Å². The number of H-pyrrole nitrogens is 1. The number of aliphatic hydroxyl groups excluding tert-OH is 1. The van der Waals surface area contributed by atoms with Crippen molar-refractivity contribution in [3.63, 3.8) is 0 Å². The number of nitrogens with zero attached hydrogens (tertiary/aromatic N) is 1. The molecule has 90 valence electrons. The number of aliphatic hydroxyl groups is 1. The van der Waals surface area contributed by atoms with E-state index >= 15 is 0 Å². The van der Waals surface area contributed by atoms with E-state index in [1.807, 2.05) is 6.92 Å². The minimum absolute atomic E-state index is 0.216. The van der Waals surface area contributed by atoms with Crippen LogP contribution in [0.15, 0.2) is 29.1 Å². The lowest BCUT2D eigenvalue weighted by atomic mass is 10.2. The zero-order valence-corrected chi connectivity index (χ0v) is 10.2. The summed E-state index contributed by atoms with van der Waals surface area (Å²) in [6.45, 7) is 1.68. The van der Waals surface area contributed by atoms with Crippen molar-refractivity contribution in [2.75, 3.05) is 0 Å². The molecule has 0 aliphatic carbocycles. The van der Waals surface area contributed by atoms with Gasteiger partial charge in [0.25, 0.3) is 5.56 Å². The normalized spacial score (nSPS) is 10.8. The maximum absolute atomic E-state index is 12.0. The average molecular weight is 253 g/mol. The van der Waals surface area contributed by atoms with Crippen LogP contribution in [0.4, 0.5) is 0 Å². The van der Waals surface area contributed by atoms with Crippen molar-refractivity contribution in [2.45, 2.75) is 20.0 Å². The van der Waals surface area contributed by atoms with Crippen LogP contribution >= 0.6 is 11.6 Å². The van der Waals surface area contributed by atoms with E-state index in [1.165, 1.54) is 4.68 Å². The minimum Gasteiger partial charge on any atom is -0.391 e. The summed E-state index contributed by atoms with van der Waals surface area (Å²) in [5.41, 5.74) is 1.66. The summed E-state index contributed by atoms with van der Waals surface area (Å²) >= 11 is 5.79. The largest absolute Gasteiger partial charge is 0.391 e. The highest BCUT2D eigenvalue weighted by Crippen LogP contribution is 2.13. The van der Waals surface area contributed by atoms with E-state index in [9.17, 15) is 9.90 Å². The second-order valence-electron chi connectivity index (χ2n) is 3.70. The fourth-order valence-corrected chi connectivity index (χ4v) is 1.87. The third-order valence-electron chi connectivity index (χ3n) is 2.67. The lowest BCUT2D eigenvalue weighted by molar-refractivity contribution is 0.279. The lowest BCUT2D eigenvalue weighted by Gasteiger charge is -2.01. The number of hydrogen-bond donors (Lipinski definition) is 2. The molecule has 4 nitrogen and oxygen atoms in total. The molecule has 0 atom stereocenters. The predicted molar refractivity (Wildman–Crippen MR) is 66.7 cm³/mol. The van der Waals surface area contributed by atoms with Gasteiger partial charge in [-0.15, -0.1) is 0 Å². The molecule has 1 heterocycles. The highest BCUT2D eigenvalue weighted by Gasteiger charge is 2.12. The molecule has 0 radical (unpaired) electrons. The zero-order valence-electron chi connectivity index (χ0n) is 9.40. The third kappa shape index (κ3) is 2.14. The Morgan fingerprint density at radius 3 is 2.47 bits per heavy atom. The van der Waals surface area contributed by atoms with Crippen LogP contribution < -0.4 is 5.56 Å². The fourth-order valence-electron chi connectivity index (χ4n) is 1.74. The third-order valence-corrected chi connectivity index (χ3v) is 2.92. The Hall–Kier alpha value is -1.52. The van der Waals surface area contributed by atoms with Gasteiger partial charge in [0.1, 0.15) is 0 Å². The quantitative estimate of drug-likeness (QED) is 0.876. The number of aryl methyl sites for hydroxylation is 1. The van der Waals surface area contributed by atoms with Crippen LogP contribution in [0.1, 0.15) is 18.2 Å². The lowest BCUT2D eigenvalue weighted by Crippen LogP contribution is -2.17. The van der Waals surface area contributed by atoms with Gasteiger partial charge in [0.15, 0.2) is 0 Å². The van der Waals surface area contributed by atoms with Crippen LogP contribution in [0, 0.1) is 0 Å². The topological polar surface area (TPSA) is 58.0 Å². The Morgan fingerprint density at radius 1 is 1.35 bits per heavy atom. The van der Waals surface area contributed by atoms with Gasteiger partial charge in [0.05, 0.1) is 17.9 Å². The van der Waals surface area contributed by atoms with Gasteiger partial charge in [0, 0.05) is 10.7 Å². The maximum Gasteiger partial charge on any atom is 0.277 e. The Morgan fingerprint density at radius 2 is 2.00 bits per heavy atom. The summed E-state index contributed by atoms with van der Waals surface area (Å²) < 4.78 is 1.42. The van der Waals surface area contributed by atoms with E-state index in [2.05, 4.69) is 5.10 Å². The van der Waals surface area contributed by atoms with Crippen molar-refractivity contribution < 1.29 is 5.11 Å². The number of aromatic amines is 1. The molecule has 0 saturated heterocycles. The molecule has 1 aromatic heterocycles. The molecule has 17 heavy (non-hydrogen) atoms. The van der Waals surface area contributed by atoms with Gasteiger partial charge < -0.3 is 5.11 Å². The molecule has 1 aromatic carbocycles. The standard InChI is InChI=1S/C12H13ClN2O2/c1-2-11-10(7-16)12(17)15(14-11)9-5-3-8(13)4-6-9/h3-6,14,16H,2,7H2,1H3. The molecule has 0 spiro atoms. The summed E-state index contributed by atoms with van der Waals surface area (Å²) in [5, 5.41) is 12.8. The van der Waals surface area contributed by atoms with Crippen LogP contribution in [0.3, 0.4) is 0 Å². The fraction of sp³-hybridized carbons (Fsp3) is 0.250. The predicted octanol–water partition coefficient (Wildman–Crippen LogP) is 1.87. The SMILES string of the molecule is CCc1[nH]n(-c2ccc(Cl)cc2)c(=O)c1CO. The molecule has 0 bridgehead atoms. The Balaban J connectivity index is 2.56. The number of hydrogen-bond acceptors (Lipinski definition) is 2. The van der Waals surface area contributed by atoms with Gasteiger partial charge in [-0.2, -0.15) is 0 Å². The summed E-state index contributed by atoms with van der Waals surface area (Å²) in [6.07, 6.45) is 0.672. The molecule has 0 saturated carbocycles. The average Bonchev–Trinajstić information content (AvgIpc) is 2.66. The van der Waals surface area contributed by atoms with Gasteiger partial charge in [-0.1, -0.05) is 18.5 Å².